The molecule has 160 valence electrons. The normalized spacial score (nSPS) is 14.9. The second-order valence-corrected chi connectivity index (χ2v) is 6.90. The Morgan fingerprint density at radius 1 is 1.11 bits per heavy atom. The number of piperidine rings is 1. The maximum absolute atomic E-state index is 12.4. The van der Waals surface area contributed by atoms with E-state index >= 15 is 0 Å². The van der Waals surface area contributed by atoms with Gasteiger partial charge in [0, 0.05) is 12.1 Å². The molecular formula is C20H34ClN3O4. The summed E-state index contributed by atoms with van der Waals surface area (Å²) in [5.41, 5.74) is 0.805. The fourth-order valence-corrected chi connectivity index (χ4v) is 3.48. The largest absolute Gasteiger partial charge is 0.496 e. The van der Waals surface area contributed by atoms with E-state index in [0.717, 1.165) is 44.0 Å². The Morgan fingerprint density at radius 2 is 1.71 bits per heavy atom. The molecule has 1 amide bonds. The monoisotopic (exact) mass is 415 g/mol. The molecule has 1 aliphatic heterocycles. The van der Waals surface area contributed by atoms with E-state index in [4.69, 9.17) is 14.2 Å². The Morgan fingerprint density at radius 3 is 2.21 bits per heavy atom. The SMILES string of the molecule is CNCCC1CCN(CC(=O)NCc2c(OC)cc(OC)cc2OC)CC1.Cl. The first kappa shape index (κ1) is 24.3. The first-order valence-electron chi connectivity index (χ1n) is 9.53. The molecular weight excluding hydrogens is 382 g/mol. The number of carbonyl (C=O) groups excluding carboxylic acids is 1. The third-order valence-electron chi connectivity index (χ3n) is 5.16. The van der Waals surface area contributed by atoms with Crippen LogP contribution in [-0.4, -0.2) is 65.4 Å². The molecule has 0 aromatic heterocycles. The average Bonchev–Trinajstić information content (AvgIpc) is 2.70. The number of carbonyl (C=O) groups is 1. The molecule has 1 fully saturated rings. The third kappa shape index (κ3) is 7.04. The van der Waals surface area contributed by atoms with Crippen LogP contribution in [0.5, 0.6) is 17.2 Å². The lowest BCUT2D eigenvalue weighted by Gasteiger charge is -2.31. The number of methoxy groups -OCH3 is 3. The quantitative estimate of drug-likeness (QED) is 0.609. The van der Waals surface area contributed by atoms with Gasteiger partial charge in [-0.1, -0.05) is 0 Å². The molecule has 8 heteroatoms. The highest BCUT2D eigenvalue weighted by molar-refractivity contribution is 5.85. The average molecular weight is 416 g/mol. The number of hydrogen-bond donors (Lipinski definition) is 2. The van der Waals surface area contributed by atoms with Crippen molar-refractivity contribution in [3.8, 4) is 17.2 Å². The molecule has 0 bridgehead atoms. The van der Waals surface area contributed by atoms with Crippen LogP contribution in [0.15, 0.2) is 12.1 Å². The zero-order chi connectivity index (χ0) is 19.6. The number of nitrogens with one attached hydrogen (secondary N) is 2. The van der Waals surface area contributed by atoms with E-state index in [1.165, 1.54) is 6.42 Å². The fourth-order valence-electron chi connectivity index (χ4n) is 3.48. The molecule has 1 saturated heterocycles. The van der Waals surface area contributed by atoms with Crippen molar-refractivity contribution in [1.29, 1.82) is 0 Å². The highest BCUT2D eigenvalue weighted by atomic mass is 35.5. The minimum Gasteiger partial charge on any atom is -0.496 e. The van der Waals surface area contributed by atoms with Gasteiger partial charge in [-0.15, -0.1) is 12.4 Å². The predicted molar refractivity (Wildman–Crippen MR) is 113 cm³/mol. The fraction of sp³-hybridized carbons (Fsp3) is 0.650. The van der Waals surface area contributed by atoms with Gasteiger partial charge in [-0.3, -0.25) is 9.69 Å². The highest BCUT2D eigenvalue weighted by Gasteiger charge is 2.21. The molecule has 1 heterocycles. The molecule has 0 spiro atoms. The van der Waals surface area contributed by atoms with Crippen molar-refractivity contribution in [3.63, 3.8) is 0 Å². The summed E-state index contributed by atoms with van der Waals surface area (Å²) in [7, 11) is 6.78. The molecule has 1 aromatic carbocycles. The van der Waals surface area contributed by atoms with E-state index in [1.807, 2.05) is 7.05 Å². The molecule has 0 atom stereocenters. The third-order valence-corrected chi connectivity index (χ3v) is 5.16. The second-order valence-electron chi connectivity index (χ2n) is 6.90. The number of halogens is 1. The zero-order valence-electron chi connectivity index (χ0n) is 17.4. The summed E-state index contributed by atoms with van der Waals surface area (Å²) in [5.74, 6) is 2.71. The first-order valence-corrected chi connectivity index (χ1v) is 9.53. The first-order chi connectivity index (χ1) is 13.1. The van der Waals surface area contributed by atoms with Crippen molar-refractivity contribution in [2.24, 2.45) is 5.92 Å². The van der Waals surface area contributed by atoms with Crippen LogP contribution < -0.4 is 24.8 Å². The lowest BCUT2D eigenvalue weighted by molar-refractivity contribution is -0.122. The topological polar surface area (TPSA) is 72.1 Å². The number of benzene rings is 1. The van der Waals surface area contributed by atoms with Crippen molar-refractivity contribution in [3.05, 3.63) is 17.7 Å². The Bertz CT molecular complexity index is 582. The van der Waals surface area contributed by atoms with Gasteiger partial charge in [0.15, 0.2) is 0 Å². The summed E-state index contributed by atoms with van der Waals surface area (Å²) in [6.07, 6.45) is 3.54. The summed E-state index contributed by atoms with van der Waals surface area (Å²) < 4.78 is 16.1. The molecule has 2 N–H and O–H groups in total. The molecule has 0 unspecified atom stereocenters. The van der Waals surface area contributed by atoms with E-state index in [-0.39, 0.29) is 18.3 Å². The maximum atomic E-state index is 12.4. The molecule has 0 saturated carbocycles. The van der Waals surface area contributed by atoms with Gasteiger partial charge < -0.3 is 24.8 Å². The van der Waals surface area contributed by atoms with Gasteiger partial charge in [0.05, 0.1) is 40.0 Å². The predicted octanol–water partition coefficient (Wildman–Crippen LogP) is 2.07. The number of hydrogen-bond acceptors (Lipinski definition) is 6. The van der Waals surface area contributed by atoms with E-state index < -0.39 is 0 Å². The van der Waals surface area contributed by atoms with E-state index in [0.29, 0.717) is 30.3 Å². The number of ether oxygens (including phenoxy) is 3. The Kier molecular flexibility index (Phi) is 11.0. The molecule has 28 heavy (non-hydrogen) atoms. The van der Waals surface area contributed by atoms with Gasteiger partial charge in [-0.2, -0.15) is 0 Å². The smallest absolute Gasteiger partial charge is 0.234 e. The maximum Gasteiger partial charge on any atom is 0.234 e. The molecule has 0 aliphatic carbocycles. The Hall–Kier alpha value is -1.70. The standard InChI is InChI=1S/C20H33N3O4.ClH/c1-21-8-5-15-6-9-23(10-7-15)14-20(24)22-13-17-18(26-3)11-16(25-2)12-19(17)27-4;/h11-12,15,21H,5-10,13-14H2,1-4H3,(H,22,24);1H. The van der Waals surface area contributed by atoms with Crippen molar-refractivity contribution < 1.29 is 19.0 Å². The van der Waals surface area contributed by atoms with Crippen LogP contribution in [-0.2, 0) is 11.3 Å². The van der Waals surface area contributed by atoms with Crippen LogP contribution in [0.2, 0.25) is 0 Å². The molecule has 2 rings (SSSR count). The number of nitrogens with zero attached hydrogens (tertiary/aromatic N) is 1. The van der Waals surface area contributed by atoms with Gasteiger partial charge >= 0.3 is 0 Å². The van der Waals surface area contributed by atoms with Crippen molar-refractivity contribution in [2.75, 3.05) is 54.6 Å². The van der Waals surface area contributed by atoms with Crippen molar-refractivity contribution in [2.45, 2.75) is 25.8 Å². The van der Waals surface area contributed by atoms with Crippen LogP contribution in [0.4, 0.5) is 0 Å². The van der Waals surface area contributed by atoms with Crippen LogP contribution in [0, 0.1) is 5.92 Å². The molecule has 7 nitrogen and oxygen atoms in total. The number of amides is 1. The summed E-state index contributed by atoms with van der Waals surface area (Å²) in [5, 5.41) is 6.20. The van der Waals surface area contributed by atoms with E-state index in [2.05, 4.69) is 15.5 Å². The lowest BCUT2D eigenvalue weighted by Crippen LogP contribution is -2.41. The summed E-state index contributed by atoms with van der Waals surface area (Å²) >= 11 is 0. The second kappa shape index (κ2) is 12.7. The van der Waals surface area contributed by atoms with Crippen molar-refractivity contribution >= 4 is 18.3 Å². The van der Waals surface area contributed by atoms with Gasteiger partial charge in [-0.25, -0.2) is 0 Å². The van der Waals surface area contributed by atoms with Crippen LogP contribution in [0.1, 0.15) is 24.8 Å². The minimum atomic E-state index is 0. The molecule has 0 radical (unpaired) electrons. The van der Waals surface area contributed by atoms with Gasteiger partial charge in [0.25, 0.3) is 0 Å². The van der Waals surface area contributed by atoms with Crippen molar-refractivity contribution in [1.82, 2.24) is 15.5 Å². The summed E-state index contributed by atoms with van der Waals surface area (Å²) in [6, 6.07) is 3.58. The van der Waals surface area contributed by atoms with Crippen LogP contribution in [0.3, 0.4) is 0 Å². The summed E-state index contributed by atoms with van der Waals surface area (Å²) in [4.78, 5) is 14.6. The van der Waals surface area contributed by atoms with E-state index in [9.17, 15) is 4.79 Å². The van der Waals surface area contributed by atoms with Crippen LogP contribution in [0.25, 0.3) is 0 Å². The van der Waals surface area contributed by atoms with Crippen LogP contribution >= 0.6 is 12.4 Å². The molecule has 1 aliphatic rings. The Balaban J connectivity index is 0.00000392. The van der Waals surface area contributed by atoms with Gasteiger partial charge in [0.2, 0.25) is 5.91 Å². The van der Waals surface area contributed by atoms with Gasteiger partial charge in [0.1, 0.15) is 17.2 Å². The Labute approximate surface area is 174 Å². The zero-order valence-corrected chi connectivity index (χ0v) is 18.2. The minimum absolute atomic E-state index is 0. The highest BCUT2D eigenvalue weighted by Crippen LogP contribution is 2.33. The number of likely N-dealkylation sites (tertiary alicyclic amines) is 1. The summed E-state index contributed by atoms with van der Waals surface area (Å²) in [6.45, 7) is 3.82. The molecule has 1 aromatic rings. The van der Waals surface area contributed by atoms with E-state index in [1.54, 1.807) is 33.5 Å². The van der Waals surface area contributed by atoms with Gasteiger partial charge in [-0.05, 0) is 51.9 Å². The lowest BCUT2D eigenvalue weighted by atomic mass is 9.93. The number of rotatable bonds is 10.